The Kier molecular flexibility index (Phi) is 1.65. The van der Waals surface area contributed by atoms with Crippen molar-refractivity contribution in [2.45, 2.75) is 12.8 Å². The molecule has 0 aromatic rings. The summed E-state index contributed by atoms with van der Waals surface area (Å²) in [7, 11) is 0. The zero-order chi connectivity index (χ0) is 9.59. The van der Waals surface area contributed by atoms with E-state index in [0.717, 1.165) is 0 Å². The van der Waals surface area contributed by atoms with E-state index in [4.69, 9.17) is 10.2 Å². The molecular weight excluding hydrogens is 172 g/mol. The molecule has 0 saturated heterocycles. The van der Waals surface area contributed by atoms with Crippen LogP contribution in [0.5, 0.6) is 0 Å². The molecule has 0 aliphatic heterocycles. The van der Waals surface area contributed by atoms with Gasteiger partial charge in [-0.2, -0.15) is 0 Å². The van der Waals surface area contributed by atoms with E-state index in [-0.39, 0.29) is 11.8 Å². The Morgan fingerprint density at radius 3 is 2.46 bits per heavy atom. The third-order valence-corrected chi connectivity index (χ3v) is 2.98. The zero-order valence-corrected chi connectivity index (χ0v) is 6.93. The smallest absolute Gasteiger partial charge is 0.331 e. The van der Waals surface area contributed by atoms with Crippen molar-refractivity contribution in [1.82, 2.24) is 0 Å². The van der Waals surface area contributed by atoms with Crippen LogP contribution in [0.25, 0.3) is 0 Å². The van der Waals surface area contributed by atoms with Gasteiger partial charge in [0.1, 0.15) is 0 Å². The first-order chi connectivity index (χ1) is 6.09. The van der Waals surface area contributed by atoms with Gasteiger partial charge in [-0.05, 0) is 18.8 Å². The minimum atomic E-state index is -0.960. The van der Waals surface area contributed by atoms with Gasteiger partial charge in [0.25, 0.3) is 0 Å². The quantitative estimate of drug-likeness (QED) is 0.660. The minimum absolute atomic E-state index is 0.178. The minimum Gasteiger partial charge on any atom is -0.481 e. The second kappa shape index (κ2) is 2.58. The second-order valence-corrected chi connectivity index (χ2v) is 3.71. The van der Waals surface area contributed by atoms with E-state index >= 15 is 0 Å². The number of carboxylic acids is 2. The van der Waals surface area contributed by atoms with Crippen LogP contribution >= 0.6 is 0 Å². The normalized spacial score (nSPS) is 36.0. The zero-order valence-electron chi connectivity index (χ0n) is 6.93. The van der Waals surface area contributed by atoms with Crippen molar-refractivity contribution in [2.24, 2.45) is 17.8 Å². The summed E-state index contributed by atoms with van der Waals surface area (Å²) < 4.78 is 0. The van der Waals surface area contributed by atoms with E-state index in [2.05, 4.69) is 0 Å². The Morgan fingerprint density at radius 1 is 1.31 bits per heavy atom. The molecule has 2 aliphatic rings. The lowest BCUT2D eigenvalue weighted by Gasteiger charge is -2.16. The second-order valence-electron chi connectivity index (χ2n) is 3.71. The van der Waals surface area contributed by atoms with Crippen LogP contribution in [-0.2, 0) is 9.59 Å². The molecule has 0 aromatic heterocycles. The Morgan fingerprint density at radius 2 is 2.00 bits per heavy atom. The number of aliphatic carboxylic acids is 2. The van der Waals surface area contributed by atoms with Crippen molar-refractivity contribution in [3.05, 3.63) is 11.6 Å². The van der Waals surface area contributed by atoms with Crippen molar-refractivity contribution in [1.29, 1.82) is 0 Å². The maximum atomic E-state index is 10.7. The Hall–Kier alpha value is -1.32. The SMILES string of the molecule is O=C(O)C1=CC2CC(C(=O)O)C1C2. The molecule has 70 valence electrons. The number of carbonyl (C=O) groups is 2. The Balaban J connectivity index is 2.25. The average Bonchev–Trinajstić information content (AvgIpc) is 2.60. The number of allylic oxidation sites excluding steroid dienone is 1. The first kappa shape index (κ1) is 8.29. The topological polar surface area (TPSA) is 74.6 Å². The highest BCUT2D eigenvalue weighted by Crippen LogP contribution is 2.47. The lowest BCUT2D eigenvalue weighted by molar-refractivity contribution is -0.143. The monoisotopic (exact) mass is 182 g/mol. The third kappa shape index (κ3) is 1.13. The molecule has 4 heteroatoms. The molecule has 2 bridgehead atoms. The summed E-state index contributed by atoms with van der Waals surface area (Å²) in [6, 6.07) is 0. The fourth-order valence-corrected chi connectivity index (χ4v) is 2.44. The molecule has 4 nitrogen and oxygen atoms in total. The molecular formula is C9H10O4. The Bertz CT molecular complexity index is 305. The van der Waals surface area contributed by atoms with E-state index in [1.165, 1.54) is 0 Å². The molecule has 1 saturated carbocycles. The summed E-state index contributed by atoms with van der Waals surface area (Å²) in [5.41, 5.74) is 0.309. The number of rotatable bonds is 2. The molecule has 0 aromatic carbocycles. The van der Waals surface area contributed by atoms with Crippen molar-refractivity contribution in [3.8, 4) is 0 Å². The molecule has 13 heavy (non-hydrogen) atoms. The molecule has 0 spiro atoms. The summed E-state index contributed by atoms with van der Waals surface area (Å²) >= 11 is 0. The predicted octanol–water partition coefficient (Wildman–Crippen LogP) is 0.738. The fraction of sp³-hybridized carbons (Fsp3) is 0.556. The molecule has 3 unspecified atom stereocenters. The van der Waals surface area contributed by atoms with E-state index < -0.39 is 17.9 Å². The number of hydrogen-bond donors (Lipinski definition) is 2. The number of fused-ring (bicyclic) bond motifs is 2. The molecule has 0 heterocycles. The van der Waals surface area contributed by atoms with Gasteiger partial charge in [0.2, 0.25) is 0 Å². The summed E-state index contributed by atoms with van der Waals surface area (Å²) in [5, 5.41) is 17.6. The maximum absolute atomic E-state index is 10.7. The maximum Gasteiger partial charge on any atom is 0.331 e. The van der Waals surface area contributed by atoms with Crippen LogP contribution < -0.4 is 0 Å². The lowest BCUT2D eigenvalue weighted by atomic mass is 9.87. The first-order valence-corrected chi connectivity index (χ1v) is 4.27. The van der Waals surface area contributed by atoms with Gasteiger partial charge in [-0.3, -0.25) is 4.79 Å². The van der Waals surface area contributed by atoms with Crippen LogP contribution in [0.4, 0.5) is 0 Å². The molecule has 2 N–H and O–H groups in total. The standard InChI is InChI=1S/C9H10O4/c10-8(11)6-2-4-1-5(6)7(3-4)9(12)13/h2,4-5,7H,1,3H2,(H,10,11)(H,12,13). The van der Waals surface area contributed by atoms with Crippen LogP contribution in [0.3, 0.4) is 0 Å². The van der Waals surface area contributed by atoms with Crippen molar-refractivity contribution in [2.75, 3.05) is 0 Å². The first-order valence-electron chi connectivity index (χ1n) is 4.27. The van der Waals surface area contributed by atoms with Gasteiger partial charge in [-0.15, -0.1) is 0 Å². The van der Waals surface area contributed by atoms with Gasteiger partial charge in [0, 0.05) is 11.5 Å². The van der Waals surface area contributed by atoms with Crippen molar-refractivity contribution >= 4 is 11.9 Å². The highest BCUT2D eigenvalue weighted by Gasteiger charge is 2.46. The summed E-state index contributed by atoms with van der Waals surface area (Å²) in [5.74, 6) is -2.36. The lowest BCUT2D eigenvalue weighted by Crippen LogP contribution is -2.24. The summed E-state index contributed by atoms with van der Waals surface area (Å²) in [6.07, 6.45) is 3.03. The number of carboxylic acid groups (broad SMARTS) is 2. The Labute approximate surface area is 74.9 Å². The van der Waals surface area contributed by atoms with E-state index in [0.29, 0.717) is 18.4 Å². The van der Waals surface area contributed by atoms with Crippen LogP contribution in [0, 0.1) is 17.8 Å². The van der Waals surface area contributed by atoms with Gasteiger partial charge < -0.3 is 10.2 Å². The van der Waals surface area contributed by atoms with E-state index in [1.54, 1.807) is 6.08 Å². The third-order valence-electron chi connectivity index (χ3n) is 2.98. The van der Waals surface area contributed by atoms with Gasteiger partial charge >= 0.3 is 11.9 Å². The van der Waals surface area contributed by atoms with Gasteiger partial charge in [-0.25, -0.2) is 4.79 Å². The molecule has 0 amide bonds. The van der Waals surface area contributed by atoms with Gasteiger partial charge in [0.05, 0.1) is 5.92 Å². The van der Waals surface area contributed by atoms with Crippen LogP contribution in [0.2, 0.25) is 0 Å². The number of hydrogen-bond acceptors (Lipinski definition) is 2. The highest BCUT2D eigenvalue weighted by molar-refractivity contribution is 5.90. The molecule has 0 radical (unpaired) electrons. The van der Waals surface area contributed by atoms with Crippen molar-refractivity contribution < 1.29 is 19.8 Å². The van der Waals surface area contributed by atoms with E-state index in [1.807, 2.05) is 0 Å². The van der Waals surface area contributed by atoms with Crippen LogP contribution in [0.1, 0.15) is 12.8 Å². The van der Waals surface area contributed by atoms with E-state index in [9.17, 15) is 9.59 Å². The highest BCUT2D eigenvalue weighted by atomic mass is 16.4. The summed E-state index contributed by atoms with van der Waals surface area (Å²) in [4.78, 5) is 21.4. The largest absolute Gasteiger partial charge is 0.481 e. The molecule has 2 aliphatic carbocycles. The van der Waals surface area contributed by atoms with Gasteiger partial charge in [-0.1, -0.05) is 6.08 Å². The molecule has 3 atom stereocenters. The van der Waals surface area contributed by atoms with Crippen molar-refractivity contribution in [3.63, 3.8) is 0 Å². The predicted molar refractivity (Wildman–Crippen MR) is 43.1 cm³/mol. The van der Waals surface area contributed by atoms with Crippen LogP contribution in [0.15, 0.2) is 11.6 Å². The fourth-order valence-electron chi connectivity index (χ4n) is 2.44. The van der Waals surface area contributed by atoms with Gasteiger partial charge in [0.15, 0.2) is 0 Å². The average molecular weight is 182 g/mol. The van der Waals surface area contributed by atoms with Crippen LogP contribution in [-0.4, -0.2) is 22.2 Å². The summed E-state index contributed by atoms with van der Waals surface area (Å²) in [6.45, 7) is 0. The molecule has 1 fully saturated rings. The molecule has 2 rings (SSSR count).